The fourth-order valence-corrected chi connectivity index (χ4v) is 1.91. The van der Waals surface area contributed by atoms with E-state index in [2.05, 4.69) is 0 Å². The van der Waals surface area contributed by atoms with Gasteiger partial charge in [-0.25, -0.2) is 4.39 Å². The van der Waals surface area contributed by atoms with Crippen molar-refractivity contribution in [3.63, 3.8) is 0 Å². The highest BCUT2D eigenvalue weighted by Gasteiger charge is 2.13. The fourth-order valence-electron chi connectivity index (χ4n) is 1.91. The van der Waals surface area contributed by atoms with E-state index in [1.54, 1.807) is 19.1 Å². The predicted octanol–water partition coefficient (Wildman–Crippen LogP) is 3.30. The third-order valence-electron chi connectivity index (χ3n) is 2.82. The summed E-state index contributed by atoms with van der Waals surface area (Å²) >= 11 is 0. The van der Waals surface area contributed by atoms with E-state index in [0.717, 1.165) is 5.75 Å². The van der Waals surface area contributed by atoms with Crippen LogP contribution in [0.5, 0.6) is 11.5 Å². The minimum Gasteiger partial charge on any atom is -0.490 e. The van der Waals surface area contributed by atoms with Crippen molar-refractivity contribution >= 4 is 0 Å². The molecule has 2 aromatic carbocycles. The summed E-state index contributed by atoms with van der Waals surface area (Å²) < 4.78 is 24.7. The number of ether oxygens (including phenoxy) is 2. The van der Waals surface area contributed by atoms with Gasteiger partial charge >= 0.3 is 0 Å². The Hall–Kier alpha value is -2.07. The second kappa shape index (κ2) is 6.91. The predicted molar refractivity (Wildman–Crippen MR) is 76.4 cm³/mol. The van der Waals surface area contributed by atoms with Crippen LogP contribution < -0.4 is 15.2 Å². The number of nitrogens with two attached hydrogens (primary N) is 1. The lowest BCUT2D eigenvalue weighted by Gasteiger charge is -2.15. The summed E-state index contributed by atoms with van der Waals surface area (Å²) in [5.74, 6) is 0.904. The van der Waals surface area contributed by atoms with Gasteiger partial charge in [0.15, 0.2) is 0 Å². The summed E-state index contributed by atoms with van der Waals surface area (Å²) in [6, 6.07) is 13.7. The highest BCUT2D eigenvalue weighted by Crippen LogP contribution is 2.26. The van der Waals surface area contributed by atoms with Crippen molar-refractivity contribution in [2.75, 3.05) is 13.2 Å². The summed E-state index contributed by atoms with van der Waals surface area (Å²) in [5, 5.41) is 0. The maximum Gasteiger partial charge on any atom is 0.131 e. The van der Waals surface area contributed by atoms with E-state index in [4.69, 9.17) is 15.2 Å². The van der Waals surface area contributed by atoms with E-state index in [-0.39, 0.29) is 5.82 Å². The van der Waals surface area contributed by atoms with Crippen LogP contribution in [0.1, 0.15) is 18.5 Å². The van der Waals surface area contributed by atoms with E-state index in [9.17, 15) is 4.39 Å². The lowest BCUT2D eigenvalue weighted by atomic mass is 10.1. The van der Waals surface area contributed by atoms with Gasteiger partial charge in [-0.2, -0.15) is 0 Å². The normalized spacial score (nSPS) is 11.9. The Balaban J connectivity index is 1.90. The van der Waals surface area contributed by atoms with E-state index >= 15 is 0 Å². The molecule has 0 heterocycles. The van der Waals surface area contributed by atoms with Crippen LogP contribution in [0.3, 0.4) is 0 Å². The lowest BCUT2D eigenvalue weighted by Crippen LogP contribution is -2.14. The van der Waals surface area contributed by atoms with Crippen LogP contribution in [0.4, 0.5) is 4.39 Å². The number of rotatable bonds is 6. The molecule has 0 saturated carbocycles. The molecule has 0 aliphatic heterocycles. The van der Waals surface area contributed by atoms with Crippen molar-refractivity contribution in [3.8, 4) is 11.5 Å². The number of hydrogen-bond acceptors (Lipinski definition) is 3. The molecule has 2 N–H and O–H groups in total. The topological polar surface area (TPSA) is 44.5 Å². The van der Waals surface area contributed by atoms with Gasteiger partial charge in [0.2, 0.25) is 0 Å². The minimum absolute atomic E-state index is 0.331. The molecule has 0 aromatic heterocycles. The summed E-state index contributed by atoms with van der Waals surface area (Å²) in [4.78, 5) is 0. The first-order valence-corrected chi connectivity index (χ1v) is 6.53. The molecular weight excluding hydrogens is 257 g/mol. The van der Waals surface area contributed by atoms with Crippen LogP contribution in [0.15, 0.2) is 48.5 Å². The molecule has 0 aliphatic carbocycles. The van der Waals surface area contributed by atoms with Crippen LogP contribution in [0.25, 0.3) is 0 Å². The summed E-state index contributed by atoms with van der Waals surface area (Å²) in [6.45, 7) is 2.45. The van der Waals surface area contributed by atoms with Gasteiger partial charge in [0.25, 0.3) is 0 Å². The SMILES string of the molecule is C[C@H](N)c1c(F)cccc1OCCOc1ccccc1. The third kappa shape index (κ3) is 3.71. The van der Waals surface area contributed by atoms with Crippen LogP contribution in [-0.2, 0) is 0 Å². The van der Waals surface area contributed by atoms with Gasteiger partial charge in [0.05, 0.1) is 0 Å². The van der Waals surface area contributed by atoms with E-state index in [1.807, 2.05) is 30.3 Å². The molecule has 0 unspecified atom stereocenters. The summed E-state index contributed by atoms with van der Waals surface area (Å²) in [7, 11) is 0. The largest absolute Gasteiger partial charge is 0.490 e. The molecule has 0 spiro atoms. The average Bonchev–Trinajstić information content (AvgIpc) is 2.44. The van der Waals surface area contributed by atoms with E-state index < -0.39 is 6.04 Å². The van der Waals surface area contributed by atoms with Crippen molar-refractivity contribution in [2.45, 2.75) is 13.0 Å². The molecule has 2 rings (SSSR count). The standard InChI is InChI=1S/C16H18FNO2/c1-12(18)16-14(17)8-5-9-15(16)20-11-10-19-13-6-3-2-4-7-13/h2-9,12H,10-11,18H2,1H3/t12-/m0/s1. The Morgan fingerprint density at radius 1 is 1.00 bits per heavy atom. The maximum absolute atomic E-state index is 13.7. The van der Waals surface area contributed by atoms with Crippen molar-refractivity contribution in [3.05, 3.63) is 59.9 Å². The Morgan fingerprint density at radius 2 is 1.70 bits per heavy atom. The van der Waals surface area contributed by atoms with E-state index in [0.29, 0.717) is 24.5 Å². The Morgan fingerprint density at radius 3 is 2.40 bits per heavy atom. The highest BCUT2D eigenvalue weighted by atomic mass is 19.1. The second-order valence-corrected chi connectivity index (χ2v) is 4.45. The van der Waals surface area contributed by atoms with Gasteiger partial charge in [-0.15, -0.1) is 0 Å². The lowest BCUT2D eigenvalue weighted by molar-refractivity contribution is 0.214. The number of benzene rings is 2. The molecule has 0 amide bonds. The highest BCUT2D eigenvalue weighted by molar-refractivity contribution is 5.36. The van der Waals surface area contributed by atoms with Crippen molar-refractivity contribution < 1.29 is 13.9 Å². The molecule has 0 saturated heterocycles. The molecule has 20 heavy (non-hydrogen) atoms. The molecular formula is C16H18FNO2. The minimum atomic E-state index is -0.416. The maximum atomic E-state index is 13.7. The van der Waals surface area contributed by atoms with Gasteiger partial charge in [0.1, 0.15) is 30.5 Å². The zero-order valence-electron chi connectivity index (χ0n) is 11.4. The quantitative estimate of drug-likeness (QED) is 0.823. The van der Waals surface area contributed by atoms with Crippen molar-refractivity contribution in [1.82, 2.24) is 0 Å². The first-order chi connectivity index (χ1) is 9.68. The first-order valence-electron chi connectivity index (χ1n) is 6.53. The van der Waals surface area contributed by atoms with Crippen molar-refractivity contribution in [1.29, 1.82) is 0 Å². The van der Waals surface area contributed by atoms with Crippen LogP contribution in [0.2, 0.25) is 0 Å². The van der Waals surface area contributed by atoms with Gasteiger partial charge in [-0.3, -0.25) is 0 Å². The molecule has 0 fully saturated rings. The third-order valence-corrected chi connectivity index (χ3v) is 2.82. The molecule has 106 valence electrons. The van der Waals surface area contributed by atoms with Gasteiger partial charge in [0, 0.05) is 11.6 Å². The molecule has 2 aromatic rings. The van der Waals surface area contributed by atoms with Crippen molar-refractivity contribution in [2.24, 2.45) is 5.73 Å². The molecule has 0 aliphatic rings. The molecule has 1 atom stereocenters. The van der Waals surface area contributed by atoms with Crippen LogP contribution in [-0.4, -0.2) is 13.2 Å². The molecule has 3 nitrogen and oxygen atoms in total. The average molecular weight is 275 g/mol. The molecule has 0 radical (unpaired) electrons. The smallest absolute Gasteiger partial charge is 0.131 e. The monoisotopic (exact) mass is 275 g/mol. The van der Waals surface area contributed by atoms with E-state index in [1.165, 1.54) is 6.07 Å². The Labute approximate surface area is 118 Å². The second-order valence-electron chi connectivity index (χ2n) is 4.45. The Bertz CT molecular complexity index is 543. The van der Waals surface area contributed by atoms with Crippen LogP contribution >= 0.6 is 0 Å². The van der Waals surface area contributed by atoms with Crippen LogP contribution in [0, 0.1) is 5.82 Å². The van der Waals surface area contributed by atoms with Gasteiger partial charge < -0.3 is 15.2 Å². The molecule has 4 heteroatoms. The summed E-state index contributed by atoms with van der Waals surface area (Å²) in [6.07, 6.45) is 0. The van der Waals surface area contributed by atoms with Gasteiger partial charge in [-0.05, 0) is 31.2 Å². The number of hydrogen-bond donors (Lipinski definition) is 1. The Kier molecular flexibility index (Phi) is 4.96. The molecule has 0 bridgehead atoms. The van der Waals surface area contributed by atoms with Gasteiger partial charge in [-0.1, -0.05) is 24.3 Å². The first kappa shape index (κ1) is 14.3. The zero-order valence-corrected chi connectivity index (χ0v) is 11.4. The number of para-hydroxylation sites is 1. The zero-order chi connectivity index (χ0) is 14.4. The number of halogens is 1. The fraction of sp³-hybridized carbons (Fsp3) is 0.250. The summed E-state index contributed by atoms with van der Waals surface area (Å²) in [5.41, 5.74) is 6.15.